The highest BCUT2D eigenvalue weighted by molar-refractivity contribution is 7.93. The molecule has 0 bridgehead atoms. The number of pyridine rings is 1. The Labute approximate surface area is 156 Å². The van der Waals surface area contributed by atoms with E-state index in [0.29, 0.717) is 33.8 Å². The lowest BCUT2D eigenvalue weighted by atomic mass is 10.2. The van der Waals surface area contributed by atoms with Crippen LogP contribution < -0.4 is 9.46 Å². The molecule has 0 radical (unpaired) electrons. The summed E-state index contributed by atoms with van der Waals surface area (Å²) in [5, 5.41) is 10.3. The van der Waals surface area contributed by atoms with Gasteiger partial charge in [-0.15, -0.1) is 0 Å². The van der Waals surface area contributed by atoms with Crippen LogP contribution in [0.2, 0.25) is 5.02 Å². The SMILES string of the molecule is CCOc1ccc(S(=O)(=O)Nc2ccc(Cl)cc2CO)c2cccnc12. The van der Waals surface area contributed by atoms with Gasteiger partial charge in [0.1, 0.15) is 11.3 Å². The first-order valence-electron chi connectivity index (χ1n) is 7.89. The molecule has 0 unspecified atom stereocenters. The maximum atomic E-state index is 12.9. The molecule has 0 aliphatic carbocycles. The van der Waals surface area contributed by atoms with Gasteiger partial charge in [-0.1, -0.05) is 11.6 Å². The molecule has 2 aromatic carbocycles. The third-order valence-electron chi connectivity index (χ3n) is 3.76. The number of aliphatic hydroxyl groups is 1. The van der Waals surface area contributed by atoms with Gasteiger partial charge in [-0.2, -0.15) is 0 Å². The van der Waals surface area contributed by atoms with Crippen molar-refractivity contribution in [1.29, 1.82) is 0 Å². The summed E-state index contributed by atoms with van der Waals surface area (Å²) in [4.78, 5) is 4.32. The summed E-state index contributed by atoms with van der Waals surface area (Å²) in [5.74, 6) is 0.518. The molecule has 2 N–H and O–H groups in total. The van der Waals surface area contributed by atoms with Crippen molar-refractivity contribution in [2.75, 3.05) is 11.3 Å². The van der Waals surface area contributed by atoms with Crippen LogP contribution in [0.25, 0.3) is 10.9 Å². The number of fused-ring (bicyclic) bond motifs is 1. The van der Waals surface area contributed by atoms with E-state index in [1.165, 1.54) is 18.2 Å². The van der Waals surface area contributed by atoms with Crippen LogP contribution in [0.4, 0.5) is 5.69 Å². The predicted octanol–water partition coefficient (Wildman–Crippen LogP) is 3.58. The lowest BCUT2D eigenvalue weighted by molar-refractivity contribution is 0.282. The Morgan fingerprint density at radius 1 is 1.23 bits per heavy atom. The van der Waals surface area contributed by atoms with Gasteiger partial charge in [0.25, 0.3) is 10.0 Å². The first-order valence-corrected chi connectivity index (χ1v) is 9.75. The topological polar surface area (TPSA) is 88.5 Å². The Kier molecular flexibility index (Phi) is 5.31. The zero-order valence-electron chi connectivity index (χ0n) is 13.9. The highest BCUT2D eigenvalue weighted by Crippen LogP contribution is 2.31. The molecule has 6 nitrogen and oxygen atoms in total. The van der Waals surface area contributed by atoms with Crippen molar-refractivity contribution in [3.05, 3.63) is 59.2 Å². The summed E-state index contributed by atoms with van der Waals surface area (Å²) in [7, 11) is -3.92. The zero-order valence-corrected chi connectivity index (χ0v) is 15.5. The number of anilines is 1. The molecule has 0 spiro atoms. The number of sulfonamides is 1. The maximum Gasteiger partial charge on any atom is 0.262 e. The quantitative estimate of drug-likeness (QED) is 0.669. The van der Waals surface area contributed by atoms with Crippen LogP contribution in [0.3, 0.4) is 0 Å². The fourth-order valence-electron chi connectivity index (χ4n) is 2.62. The fraction of sp³-hybridized carbons (Fsp3) is 0.167. The van der Waals surface area contributed by atoms with Crippen molar-refractivity contribution < 1.29 is 18.3 Å². The second kappa shape index (κ2) is 7.49. The van der Waals surface area contributed by atoms with Gasteiger partial charge >= 0.3 is 0 Å². The van der Waals surface area contributed by atoms with Gasteiger partial charge in [0.05, 0.1) is 23.8 Å². The van der Waals surface area contributed by atoms with Gasteiger partial charge in [0, 0.05) is 22.2 Å². The fourth-order valence-corrected chi connectivity index (χ4v) is 4.11. The number of aliphatic hydroxyl groups excluding tert-OH is 1. The zero-order chi connectivity index (χ0) is 18.7. The molecule has 0 saturated heterocycles. The minimum Gasteiger partial charge on any atom is -0.492 e. The molecule has 3 rings (SSSR count). The lowest BCUT2D eigenvalue weighted by Crippen LogP contribution is -2.15. The lowest BCUT2D eigenvalue weighted by Gasteiger charge is -2.14. The van der Waals surface area contributed by atoms with Crippen LogP contribution in [0, 0.1) is 0 Å². The van der Waals surface area contributed by atoms with Gasteiger partial charge in [-0.05, 0) is 49.4 Å². The second-order valence-electron chi connectivity index (χ2n) is 5.46. The molecule has 0 fully saturated rings. The molecule has 0 amide bonds. The number of ether oxygens (including phenoxy) is 1. The Morgan fingerprint density at radius 2 is 2.04 bits per heavy atom. The monoisotopic (exact) mass is 392 g/mol. The average Bonchev–Trinajstić information content (AvgIpc) is 2.63. The smallest absolute Gasteiger partial charge is 0.262 e. The molecule has 3 aromatic rings. The number of hydrogen-bond donors (Lipinski definition) is 2. The highest BCUT2D eigenvalue weighted by Gasteiger charge is 2.21. The summed E-state index contributed by atoms with van der Waals surface area (Å²) in [5.41, 5.74) is 1.12. The van der Waals surface area contributed by atoms with Crippen molar-refractivity contribution in [3.8, 4) is 5.75 Å². The summed E-state index contributed by atoms with van der Waals surface area (Å²) < 4.78 is 33.9. The number of hydrogen-bond acceptors (Lipinski definition) is 5. The van der Waals surface area contributed by atoms with E-state index in [1.807, 2.05) is 6.92 Å². The third kappa shape index (κ3) is 3.60. The molecule has 0 saturated carbocycles. The first-order chi connectivity index (χ1) is 12.5. The van der Waals surface area contributed by atoms with E-state index in [9.17, 15) is 13.5 Å². The Morgan fingerprint density at radius 3 is 2.77 bits per heavy atom. The van der Waals surface area contributed by atoms with Gasteiger partial charge < -0.3 is 9.84 Å². The second-order valence-corrected chi connectivity index (χ2v) is 7.55. The van der Waals surface area contributed by atoms with Gasteiger partial charge in [0.15, 0.2) is 0 Å². The molecule has 0 atom stereocenters. The predicted molar refractivity (Wildman–Crippen MR) is 101 cm³/mol. The molecular formula is C18H17ClN2O4S. The van der Waals surface area contributed by atoms with Crippen molar-refractivity contribution >= 4 is 38.2 Å². The van der Waals surface area contributed by atoms with Crippen LogP contribution in [0.15, 0.2) is 53.6 Å². The number of nitrogens with zero attached hydrogens (tertiary/aromatic N) is 1. The molecule has 0 aliphatic heterocycles. The number of benzene rings is 2. The minimum atomic E-state index is -3.92. The van der Waals surface area contributed by atoms with Gasteiger partial charge in [0.2, 0.25) is 0 Å². The first kappa shape index (κ1) is 18.4. The Hall–Kier alpha value is -2.35. The molecule has 8 heteroatoms. The average molecular weight is 393 g/mol. The van der Waals surface area contributed by atoms with E-state index in [1.54, 1.807) is 30.5 Å². The third-order valence-corrected chi connectivity index (χ3v) is 5.42. The number of rotatable bonds is 6. The molecule has 136 valence electrons. The number of halogens is 1. The standard InChI is InChI=1S/C18H17ClN2O4S/c1-2-25-16-7-8-17(14-4-3-9-20-18(14)16)26(23,24)21-15-6-5-13(19)10-12(15)11-22/h3-10,21-22H,2,11H2,1H3. The van der Waals surface area contributed by atoms with Crippen LogP contribution in [0.1, 0.15) is 12.5 Å². The summed E-state index contributed by atoms with van der Waals surface area (Å²) in [6, 6.07) is 11.0. The minimum absolute atomic E-state index is 0.0721. The summed E-state index contributed by atoms with van der Waals surface area (Å²) >= 11 is 5.90. The van der Waals surface area contributed by atoms with Crippen molar-refractivity contribution in [3.63, 3.8) is 0 Å². The summed E-state index contributed by atoms with van der Waals surface area (Å²) in [6.45, 7) is 1.95. The van der Waals surface area contributed by atoms with Crippen LogP contribution in [-0.4, -0.2) is 25.1 Å². The van der Waals surface area contributed by atoms with Crippen LogP contribution in [-0.2, 0) is 16.6 Å². The van der Waals surface area contributed by atoms with E-state index in [2.05, 4.69) is 9.71 Å². The number of nitrogens with one attached hydrogen (secondary N) is 1. The van der Waals surface area contributed by atoms with E-state index in [4.69, 9.17) is 16.3 Å². The van der Waals surface area contributed by atoms with Crippen LogP contribution in [0.5, 0.6) is 5.75 Å². The normalized spacial score (nSPS) is 11.5. The van der Waals surface area contributed by atoms with E-state index in [-0.39, 0.29) is 17.2 Å². The van der Waals surface area contributed by atoms with Crippen molar-refractivity contribution in [1.82, 2.24) is 4.98 Å². The van der Waals surface area contributed by atoms with Crippen LogP contribution >= 0.6 is 11.6 Å². The van der Waals surface area contributed by atoms with E-state index < -0.39 is 10.0 Å². The maximum absolute atomic E-state index is 12.9. The molecule has 0 aliphatic rings. The molecule has 26 heavy (non-hydrogen) atoms. The van der Waals surface area contributed by atoms with Crippen molar-refractivity contribution in [2.24, 2.45) is 0 Å². The van der Waals surface area contributed by atoms with Gasteiger partial charge in [-0.25, -0.2) is 8.42 Å². The van der Waals surface area contributed by atoms with Gasteiger partial charge in [-0.3, -0.25) is 9.71 Å². The number of aromatic nitrogens is 1. The molecule has 1 heterocycles. The Balaban J connectivity index is 2.10. The highest BCUT2D eigenvalue weighted by atomic mass is 35.5. The molecule has 1 aromatic heterocycles. The van der Waals surface area contributed by atoms with Crippen molar-refractivity contribution in [2.45, 2.75) is 18.4 Å². The van der Waals surface area contributed by atoms with E-state index >= 15 is 0 Å². The van der Waals surface area contributed by atoms with E-state index in [0.717, 1.165) is 0 Å². The largest absolute Gasteiger partial charge is 0.492 e. The summed E-state index contributed by atoms with van der Waals surface area (Å²) in [6.07, 6.45) is 1.58. The Bertz CT molecular complexity index is 1050. The molecular weight excluding hydrogens is 376 g/mol.